The molecule has 4 N–H and O–H groups in total. The molecule has 4 heteroatoms. The van der Waals surface area contributed by atoms with Gasteiger partial charge in [-0.15, -0.1) is 0 Å². The summed E-state index contributed by atoms with van der Waals surface area (Å²) in [5.41, 5.74) is 17.4. The molecule has 0 amide bonds. The highest BCUT2D eigenvalue weighted by molar-refractivity contribution is 5.64. The Hall–Kier alpha value is -3.92. The second-order valence-corrected chi connectivity index (χ2v) is 7.11. The zero-order valence-electron chi connectivity index (χ0n) is 16.6. The van der Waals surface area contributed by atoms with Gasteiger partial charge in [0.1, 0.15) is 24.7 Å². The van der Waals surface area contributed by atoms with Gasteiger partial charge in [0.25, 0.3) is 0 Å². The molecule has 0 saturated carbocycles. The van der Waals surface area contributed by atoms with Crippen LogP contribution in [0.2, 0.25) is 0 Å². The third-order valence-electron chi connectivity index (χ3n) is 4.81. The predicted octanol–water partition coefficient (Wildman–Crippen LogP) is 5.68. The first-order valence-corrected chi connectivity index (χ1v) is 9.81. The number of ether oxygens (including phenoxy) is 2. The highest BCUT2D eigenvalue weighted by Crippen LogP contribution is 2.25. The van der Waals surface area contributed by atoms with Crippen molar-refractivity contribution in [3.63, 3.8) is 0 Å². The highest BCUT2D eigenvalue weighted by Gasteiger charge is 2.02. The summed E-state index contributed by atoms with van der Waals surface area (Å²) < 4.78 is 11.7. The van der Waals surface area contributed by atoms with E-state index in [0.717, 1.165) is 45.1 Å². The van der Waals surface area contributed by atoms with Crippen molar-refractivity contribution in [2.75, 3.05) is 11.5 Å². The number of hydrogen-bond acceptors (Lipinski definition) is 4. The van der Waals surface area contributed by atoms with Gasteiger partial charge in [0.15, 0.2) is 0 Å². The van der Waals surface area contributed by atoms with Crippen LogP contribution in [0.4, 0.5) is 11.4 Å². The van der Waals surface area contributed by atoms with Gasteiger partial charge in [-0.2, -0.15) is 0 Å². The highest BCUT2D eigenvalue weighted by atomic mass is 16.5. The molecule has 4 aromatic carbocycles. The molecule has 4 rings (SSSR count). The van der Waals surface area contributed by atoms with Crippen molar-refractivity contribution in [1.82, 2.24) is 0 Å². The topological polar surface area (TPSA) is 70.5 Å². The molecular formula is C26H24N2O2. The van der Waals surface area contributed by atoms with E-state index in [2.05, 4.69) is 24.3 Å². The number of nitrogen functional groups attached to an aromatic ring is 2. The average Bonchev–Trinajstić information content (AvgIpc) is 2.79. The Balaban J connectivity index is 1.33. The minimum Gasteiger partial charge on any atom is -0.489 e. The largest absolute Gasteiger partial charge is 0.489 e. The molecule has 150 valence electrons. The molecule has 0 aromatic heterocycles. The van der Waals surface area contributed by atoms with E-state index in [-0.39, 0.29) is 0 Å². The van der Waals surface area contributed by atoms with Crippen molar-refractivity contribution in [3.8, 4) is 22.6 Å². The van der Waals surface area contributed by atoms with Crippen molar-refractivity contribution in [2.24, 2.45) is 0 Å². The van der Waals surface area contributed by atoms with Crippen LogP contribution in [0.3, 0.4) is 0 Å². The van der Waals surface area contributed by atoms with Gasteiger partial charge in [-0.05, 0) is 70.8 Å². The zero-order valence-corrected chi connectivity index (χ0v) is 16.6. The molecule has 4 nitrogen and oxygen atoms in total. The summed E-state index contributed by atoms with van der Waals surface area (Å²) in [4.78, 5) is 0. The van der Waals surface area contributed by atoms with E-state index in [9.17, 15) is 0 Å². The van der Waals surface area contributed by atoms with E-state index in [4.69, 9.17) is 20.9 Å². The fraction of sp³-hybridized carbons (Fsp3) is 0.0769. The number of rotatable bonds is 7. The van der Waals surface area contributed by atoms with Gasteiger partial charge in [-0.25, -0.2) is 0 Å². The van der Waals surface area contributed by atoms with Gasteiger partial charge in [0.2, 0.25) is 0 Å². The average molecular weight is 396 g/mol. The van der Waals surface area contributed by atoms with E-state index in [1.165, 1.54) is 0 Å². The lowest BCUT2D eigenvalue weighted by Gasteiger charge is -2.09. The molecule has 0 saturated heterocycles. The monoisotopic (exact) mass is 396 g/mol. The van der Waals surface area contributed by atoms with Crippen LogP contribution in [0.1, 0.15) is 11.1 Å². The third-order valence-corrected chi connectivity index (χ3v) is 4.81. The molecule has 0 unspecified atom stereocenters. The molecule has 30 heavy (non-hydrogen) atoms. The molecule has 0 heterocycles. The molecular weight excluding hydrogens is 372 g/mol. The van der Waals surface area contributed by atoms with Crippen LogP contribution in [-0.4, -0.2) is 0 Å². The van der Waals surface area contributed by atoms with Gasteiger partial charge in [-0.3, -0.25) is 0 Å². The van der Waals surface area contributed by atoms with E-state index < -0.39 is 0 Å². The maximum Gasteiger partial charge on any atom is 0.119 e. The molecule has 4 aromatic rings. The Morgan fingerprint density at radius 1 is 0.433 bits per heavy atom. The van der Waals surface area contributed by atoms with Gasteiger partial charge < -0.3 is 20.9 Å². The van der Waals surface area contributed by atoms with Gasteiger partial charge in [0.05, 0.1) is 0 Å². The maximum atomic E-state index is 5.85. The van der Waals surface area contributed by atoms with Crippen molar-refractivity contribution < 1.29 is 9.47 Å². The third kappa shape index (κ3) is 5.11. The van der Waals surface area contributed by atoms with Crippen molar-refractivity contribution in [1.29, 1.82) is 0 Å². The summed E-state index contributed by atoms with van der Waals surface area (Å²) >= 11 is 0. The van der Waals surface area contributed by atoms with Crippen molar-refractivity contribution in [3.05, 3.63) is 108 Å². The smallest absolute Gasteiger partial charge is 0.119 e. The molecule has 0 radical (unpaired) electrons. The number of benzene rings is 4. The van der Waals surface area contributed by atoms with Crippen molar-refractivity contribution in [2.45, 2.75) is 13.2 Å². The number of anilines is 2. The summed E-state index contributed by atoms with van der Waals surface area (Å²) in [5, 5.41) is 0. The van der Waals surface area contributed by atoms with Crippen LogP contribution in [0.25, 0.3) is 11.1 Å². The van der Waals surface area contributed by atoms with Crippen LogP contribution < -0.4 is 20.9 Å². The lowest BCUT2D eigenvalue weighted by Crippen LogP contribution is -1.96. The molecule has 0 spiro atoms. The van der Waals surface area contributed by atoms with Crippen LogP contribution in [0, 0.1) is 0 Å². The molecule has 0 aliphatic rings. The van der Waals surface area contributed by atoms with E-state index in [0.29, 0.717) is 13.2 Å². The Morgan fingerprint density at radius 2 is 0.767 bits per heavy atom. The van der Waals surface area contributed by atoms with Gasteiger partial charge >= 0.3 is 0 Å². The summed E-state index contributed by atoms with van der Waals surface area (Å²) in [6.07, 6.45) is 0. The number of nitrogens with two attached hydrogens (primary N) is 2. The molecule has 0 bridgehead atoms. The summed E-state index contributed by atoms with van der Waals surface area (Å²) in [6, 6.07) is 31.6. The molecule has 0 atom stereocenters. The van der Waals surface area contributed by atoms with Gasteiger partial charge in [-0.1, -0.05) is 48.5 Å². The maximum absolute atomic E-state index is 5.85. The van der Waals surface area contributed by atoms with Crippen molar-refractivity contribution >= 4 is 11.4 Å². The van der Waals surface area contributed by atoms with Gasteiger partial charge in [0, 0.05) is 11.4 Å². The zero-order chi connectivity index (χ0) is 20.8. The standard InChI is InChI=1S/C26H24N2O2/c27-23-9-1-19(2-10-23)17-29-25-13-5-21(6-14-25)22-7-15-26(16-8-22)30-18-20-3-11-24(28)12-4-20/h1-16H,17-18,27-28H2. The Morgan fingerprint density at radius 3 is 1.10 bits per heavy atom. The molecule has 0 fully saturated rings. The first-order chi connectivity index (χ1) is 14.7. The minimum absolute atomic E-state index is 0.514. The first kappa shape index (κ1) is 19.4. The lowest BCUT2D eigenvalue weighted by atomic mass is 10.1. The molecule has 0 aliphatic heterocycles. The minimum atomic E-state index is 0.514. The van der Waals surface area contributed by atoms with Crippen LogP contribution in [0.15, 0.2) is 97.1 Å². The van der Waals surface area contributed by atoms with E-state index in [1.54, 1.807) is 0 Å². The first-order valence-electron chi connectivity index (χ1n) is 9.81. The quantitative estimate of drug-likeness (QED) is 0.395. The van der Waals surface area contributed by atoms with E-state index in [1.807, 2.05) is 72.8 Å². The SMILES string of the molecule is Nc1ccc(COc2ccc(-c3ccc(OCc4ccc(N)cc4)cc3)cc2)cc1. The Kier molecular flexibility index (Phi) is 5.85. The second-order valence-electron chi connectivity index (χ2n) is 7.11. The van der Waals surface area contributed by atoms with E-state index >= 15 is 0 Å². The Bertz CT molecular complexity index is 981. The summed E-state index contributed by atoms with van der Waals surface area (Å²) in [6.45, 7) is 1.03. The van der Waals surface area contributed by atoms with Crippen LogP contribution in [-0.2, 0) is 13.2 Å². The van der Waals surface area contributed by atoms with Crippen LogP contribution >= 0.6 is 0 Å². The number of hydrogen-bond donors (Lipinski definition) is 2. The lowest BCUT2D eigenvalue weighted by molar-refractivity contribution is 0.306. The fourth-order valence-corrected chi connectivity index (χ4v) is 3.05. The second kappa shape index (κ2) is 9.05. The Labute approximate surface area is 176 Å². The summed E-state index contributed by atoms with van der Waals surface area (Å²) in [5.74, 6) is 1.66. The predicted molar refractivity (Wildman–Crippen MR) is 122 cm³/mol. The fourth-order valence-electron chi connectivity index (χ4n) is 3.05. The summed E-state index contributed by atoms with van der Waals surface area (Å²) in [7, 11) is 0. The normalized spacial score (nSPS) is 10.5. The molecule has 0 aliphatic carbocycles. The van der Waals surface area contributed by atoms with Crippen LogP contribution in [0.5, 0.6) is 11.5 Å².